The number of nitrogens with one attached hydrogen (secondary N) is 1. The lowest BCUT2D eigenvalue weighted by Crippen LogP contribution is -2.37. The van der Waals surface area contributed by atoms with Gasteiger partial charge in [0.25, 0.3) is 5.56 Å². The minimum atomic E-state index is -3.99. The smallest absolute Gasteiger partial charge is 0.380 e. The standard InChI is InChI=1S/C26H31Br2N4O8P/c1-14(16(3)34)13-41(37,40-19-7-5-4-6-17(19)9-8-15(2)33)38-12-20-21(35)26(27,28)24(39-20)32-11-10-18-22(32)30-25(29)31-23(18)36/h4-7,10-11,14,20-21,24,35H,8-9,12-13H2,1-3H3,(H3,29,30,31,36)/t14-,20-,21+,24-,41?/m1/s1. The first kappa shape index (κ1) is 31.6. The molecule has 4 N–H and O–H groups in total. The van der Waals surface area contributed by atoms with E-state index >= 15 is 0 Å². The van der Waals surface area contributed by atoms with Crippen molar-refractivity contribution in [2.75, 3.05) is 18.5 Å². The number of fused-ring (bicyclic) bond motifs is 1. The van der Waals surface area contributed by atoms with E-state index in [4.69, 9.17) is 19.5 Å². The van der Waals surface area contributed by atoms with Gasteiger partial charge in [0.15, 0.2) is 15.1 Å². The molecule has 3 aromatic rings. The number of ether oxygens (including phenoxy) is 1. The molecule has 1 unspecified atom stereocenters. The first-order chi connectivity index (χ1) is 19.2. The van der Waals surface area contributed by atoms with Crippen LogP contribution in [0.5, 0.6) is 5.75 Å². The summed E-state index contributed by atoms with van der Waals surface area (Å²) in [5.74, 6) is -0.642. The number of ketones is 2. The van der Waals surface area contributed by atoms with Gasteiger partial charge in [0.1, 0.15) is 29.5 Å². The Morgan fingerprint density at radius 3 is 2.68 bits per heavy atom. The second kappa shape index (κ2) is 12.5. The second-order valence-electron chi connectivity index (χ2n) is 10.1. The van der Waals surface area contributed by atoms with E-state index < -0.39 is 40.7 Å². The number of hydrogen-bond acceptors (Lipinski definition) is 10. The Morgan fingerprint density at radius 1 is 1.29 bits per heavy atom. The fourth-order valence-corrected chi connectivity index (χ4v) is 7.64. The number of nitrogens with two attached hydrogens (primary N) is 1. The SMILES string of the molecule is CC(=O)CCc1ccccc1OP(=O)(C[C@@H](C)C(C)=O)OC[C@H]1O[C@@H](n2ccc3c(=O)[nH]c(N)nc32)C(Br)(Br)[C@H]1O. The first-order valence-electron chi connectivity index (χ1n) is 12.8. The minimum absolute atomic E-state index is 0.00245. The number of H-pyrrole nitrogens is 1. The van der Waals surface area contributed by atoms with Crippen molar-refractivity contribution < 1.29 is 33.0 Å². The minimum Gasteiger partial charge on any atom is -0.424 e. The Labute approximate surface area is 252 Å². The van der Waals surface area contributed by atoms with Crippen LogP contribution in [0.2, 0.25) is 0 Å². The molecule has 0 radical (unpaired) electrons. The molecule has 12 nitrogen and oxygen atoms in total. The average Bonchev–Trinajstić information content (AvgIpc) is 3.40. The van der Waals surface area contributed by atoms with Gasteiger partial charge in [-0.15, -0.1) is 0 Å². The third kappa shape index (κ3) is 7.00. The number of hydrogen-bond donors (Lipinski definition) is 3. The molecule has 0 aliphatic carbocycles. The summed E-state index contributed by atoms with van der Waals surface area (Å²) < 4.78 is 32.3. The van der Waals surface area contributed by atoms with Crippen molar-refractivity contribution in [2.45, 2.75) is 55.3 Å². The van der Waals surface area contributed by atoms with Gasteiger partial charge in [0.2, 0.25) is 5.95 Å². The van der Waals surface area contributed by atoms with Gasteiger partial charge in [-0.1, -0.05) is 57.0 Å². The van der Waals surface area contributed by atoms with E-state index in [0.717, 1.165) is 0 Å². The van der Waals surface area contributed by atoms with Crippen molar-refractivity contribution >= 4 is 68.0 Å². The number of halogens is 2. The van der Waals surface area contributed by atoms with Crippen molar-refractivity contribution in [3.8, 4) is 5.75 Å². The molecule has 3 heterocycles. The summed E-state index contributed by atoms with van der Waals surface area (Å²) in [7, 11) is -3.99. The number of carbonyl (C=O) groups excluding carboxylic acids is 2. The normalized spacial score (nSPS) is 22.3. The van der Waals surface area contributed by atoms with E-state index in [1.54, 1.807) is 43.5 Å². The van der Waals surface area contributed by atoms with Gasteiger partial charge in [-0.3, -0.25) is 19.1 Å². The first-order valence-corrected chi connectivity index (χ1v) is 16.1. The molecule has 2 aromatic heterocycles. The number of nitrogen functional groups attached to an aromatic ring is 1. The van der Waals surface area contributed by atoms with Crippen LogP contribution in [0.4, 0.5) is 5.95 Å². The van der Waals surface area contributed by atoms with Gasteiger partial charge in [-0.2, -0.15) is 4.98 Å². The van der Waals surface area contributed by atoms with Crippen LogP contribution < -0.4 is 15.8 Å². The van der Waals surface area contributed by atoms with Crippen LogP contribution in [0.15, 0.2) is 41.3 Å². The van der Waals surface area contributed by atoms with Crippen LogP contribution in [0.25, 0.3) is 11.0 Å². The van der Waals surface area contributed by atoms with Crippen molar-refractivity contribution in [1.82, 2.24) is 14.5 Å². The van der Waals surface area contributed by atoms with Gasteiger partial charge < -0.3 is 29.5 Å². The molecule has 1 aromatic carbocycles. The van der Waals surface area contributed by atoms with Crippen molar-refractivity contribution in [2.24, 2.45) is 5.92 Å². The largest absolute Gasteiger partial charge is 0.424 e. The Kier molecular flexibility index (Phi) is 9.62. The summed E-state index contributed by atoms with van der Waals surface area (Å²) in [6, 6.07) is 8.42. The van der Waals surface area contributed by atoms with Crippen LogP contribution in [-0.4, -0.2) is 59.4 Å². The fourth-order valence-electron chi connectivity index (χ4n) is 4.38. The number of aromatic amines is 1. The molecule has 1 saturated heterocycles. The van der Waals surface area contributed by atoms with Crippen LogP contribution in [0.3, 0.4) is 0 Å². The number of aromatic nitrogens is 3. The molecule has 1 aliphatic heterocycles. The lowest BCUT2D eigenvalue weighted by atomic mass is 10.1. The molecule has 15 heteroatoms. The number of para-hydroxylation sites is 1. The highest BCUT2D eigenvalue weighted by Crippen LogP contribution is 2.54. The summed E-state index contributed by atoms with van der Waals surface area (Å²) in [6.45, 7) is 4.14. The van der Waals surface area contributed by atoms with Gasteiger partial charge in [-0.25, -0.2) is 4.57 Å². The summed E-state index contributed by atoms with van der Waals surface area (Å²) in [5, 5.41) is 11.4. The number of carbonyl (C=O) groups is 2. The van der Waals surface area contributed by atoms with Gasteiger partial charge in [-0.05, 0) is 38.0 Å². The van der Waals surface area contributed by atoms with E-state index in [2.05, 4.69) is 41.8 Å². The fraction of sp³-hybridized carbons (Fsp3) is 0.462. The number of aliphatic hydroxyl groups is 1. The van der Waals surface area contributed by atoms with E-state index in [1.165, 1.54) is 18.4 Å². The number of anilines is 1. The van der Waals surface area contributed by atoms with Gasteiger partial charge in [0, 0.05) is 18.5 Å². The second-order valence-corrected chi connectivity index (χ2v) is 15.8. The molecule has 1 fully saturated rings. The Bertz CT molecular complexity index is 1560. The predicted octanol–water partition coefficient (Wildman–Crippen LogP) is 4.09. The lowest BCUT2D eigenvalue weighted by Gasteiger charge is -2.25. The number of aryl methyl sites for hydroxylation is 1. The zero-order chi connectivity index (χ0) is 30.1. The number of rotatable bonds is 12. The highest BCUT2D eigenvalue weighted by molar-refractivity contribution is 9.25. The molecule has 0 bridgehead atoms. The van der Waals surface area contributed by atoms with Crippen LogP contribution in [0, 0.1) is 5.92 Å². The molecular weight excluding hydrogens is 687 g/mol. The predicted molar refractivity (Wildman–Crippen MR) is 160 cm³/mol. The Morgan fingerprint density at radius 2 is 2.00 bits per heavy atom. The highest BCUT2D eigenvalue weighted by atomic mass is 79.9. The summed E-state index contributed by atoms with van der Waals surface area (Å²) in [5.41, 5.74) is 6.21. The molecular formula is C26H31Br2N4O8P. The van der Waals surface area contributed by atoms with Crippen molar-refractivity contribution in [3.63, 3.8) is 0 Å². The molecule has 0 saturated carbocycles. The van der Waals surface area contributed by atoms with Crippen LogP contribution in [-0.2, 0) is 29.8 Å². The third-order valence-electron chi connectivity index (χ3n) is 6.82. The monoisotopic (exact) mass is 716 g/mol. The van der Waals surface area contributed by atoms with Gasteiger partial charge >= 0.3 is 7.60 Å². The van der Waals surface area contributed by atoms with E-state index in [0.29, 0.717) is 12.0 Å². The highest BCUT2D eigenvalue weighted by Gasteiger charge is 2.55. The number of aliphatic hydroxyl groups excluding tert-OH is 1. The maximum absolute atomic E-state index is 14.1. The zero-order valence-electron chi connectivity index (χ0n) is 22.6. The number of benzene rings is 1. The maximum Gasteiger partial charge on any atom is 0.380 e. The van der Waals surface area contributed by atoms with E-state index in [9.17, 15) is 24.1 Å². The number of alkyl halides is 2. The maximum atomic E-state index is 14.1. The van der Waals surface area contributed by atoms with Gasteiger partial charge in [0.05, 0.1) is 18.2 Å². The lowest BCUT2D eigenvalue weighted by molar-refractivity contribution is -0.120. The molecule has 41 heavy (non-hydrogen) atoms. The molecule has 1 aliphatic rings. The summed E-state index contributed by atoms with van der Waals surface area (Å²) in [4.78, 5) is 42.6. The molecule has 5 atom stereocenters. The Balaban J connectivity index is 1.58. The van der Waals surface area contributed by atoms with Crippen molar-refractivity contribution in [1.29, 1.82) is 0 Å². The Hall–Kier alpha value is -2.35. The molecule has 222 valence electrons. The quantitative estimate of drug-likeness (QED) is 0.183. The topological polar surface area (TPSA) is 176 Å². The molecule has 0 amide bonds. The number of Topliss-reactive ketones (excluding diaryl/α,β-unsaturated/α-hetero) is 2. The average molecular weight is 718 g/mol. The summed E-state index contributed by atoms with van der Waals surface area (Å²) >= 11 is 6.96. The third-order valence-corrected chi connectivity index (χ3v) is 10.5. The van der Waals surface area contributed by atoms with E-state index in [1.807, 2.05) is 0 Å². The van der Waals surface area contributed by atoms with E-state index in [-0.39, 0.29) is 53.5 Å². The van der Waals surface area contributed by atoms with Crippen LogP contribution in [0.1, 0.15) is 39.0 Å². The van der Waals surface area contributed by atoms with Crippen molar-refractivity contribution in [3.05, 3.63) is 52.4 Å². The number of nitrogens with zero attached hydrogens (tertiary/aromatic N) is 2. The molecule has 4 rings (SSSR count). The zero-order valence-corrected chi connectivity index (χ0v) is 26.6. The van der Waals surface area contributed by atoms with Crippen LogP contribution >= 0.6 is 39.5 Å². The summed E-state index contributed by atoms with van der Waals surface area (Å²) in [6.07, 6.45) is -1.16. The molecule has 0 spiro atoms.